The monoisotopic (exact) mass is 283 g/mol. The third kappa shape index (κ3) is 1.99. The highest BCUT2D eigenvalue weighted by Gasteiger charge is 2.25. The summed E-state index contributed by atoms with van der Waals surface area (Å²) in [5, 5.41) is 12.9. The largest absolute Gasteiger partial charge is 0.388 e. The second kappa shape index (κ2) is 4.18. The molecule has 0 aromatic heterocycles. The number of fused-ring (bicyclic) bond motifs is 1. The van der Waals surface area contributed by atoms with Gasteiger partial charge in [-0.3, -0.25) is 4.79 Å². The van der Waals surface area contributed by atoms with E-state index in [1.165, 1.54) is 0 Å². The van der Waals surface area contributed by atoms with E-state index in [1.54, 1.807) is 0 Å². The lowest BCUT2D eigenvalue weighted by Gasteiger charge is -2.18. The van der Waals surface area contributed by atoms with Crippen LogP contribution in [0.3, 0.4) is 0 Å². The van der Waals surface area contributed by atoms with E-state index in [0.717, 1.165) is 21.3 Å². The highest BCUT2D eigenvalue weighted by Crippen LogP contribution is 2.36. The second-order valence-electron chi connectivity index (χ2n) is 4.44. The average molecular weight is 284 g/mol. The zero-order valence-corrected chi connectivity index (χ0v) is 10.8. The summed E-state index contributed by atoms with van der Waals surface area (Å²) in [6.07, 6.45) is -0.156. The molecule has 1 aliphatic rings. The second-order valence-corrected chi connectivity index (χ2v) is 5.36. The van der Waals surface area contributed by atoms with Crippen LogP contribution in [-0.4, -0.2) is 11.0 Å². The minimum absolute atomic E-state index is 0.00898. The Kier molecular flexibility index (Phi) is 3.04. The summed E-state index contributed by atoms with van der Waals surface area (Å²) in [5.74, 6) is 0.112. The quantitative estimate of drug-likeness (QED) is 0.877. The first-order chi connectivity index (χ1) is 7.49. The van der Waals surface area contributed by atoms with E-state index in [9.17, 15) is 9.90 Å². The van der Waals surface area contributed by atoms with Crippen LogP contribution < -0.4 is 5.32 Å². The maximum atomic E-state index is 11.3. The van der Waals surface area contributed by atoms with Crippen LogP contribution in [-0.2, 0) is 11.2 Å². The first-order valence-electron chi connectivity index (χ1n) is 5.29. The number of carbonyl (C=O) groups is 1. The predicted molar refractivity (Wildman–Crippen MR) is 66.3 cm³/mol. The van der Waals surface area contributed by atoms with E-state index in [-0.39, 0.29) is 11.8 Å². The van der Waals surface area contributed by atoms with Crippen LogP contribution in [0, 0.1) is 5.92 Å². The molecule has 0 saturated heterocycles. The van der Waals surface area contributed by atoms with Gasteiger partial charge in [-0.2, -0.15) is 0 Å². The van der Waals surface area contributed by atoms with Crippen molar-refractivity contribution >= 4 is 27.5 Å². The number of aliphatic hydroxyl groups excluding tert-OH is 1. The van der Waals surface area contributed by atoms with Gasteiger partial charge >= 0.3 is 0 Å². The number of halogens is 1. The van der Waals surface area contributed by atoms with E-state index in [0.29, 0.717) is 6.42 Å². The fraction of sp³-hybridized carbons (Fsp3) is 0.417. The topological polar surface area (TPSA) is 49.3 Å². The molecule has 0 aliphatic carbocycles. The fourth-order valence-corrected chi connectivity index (χ4v) is 2.45. The molecule has 2 rings (SSSR count). The zero-order valence-electron chi connectivity index (χ0n) is 9.25. The van der Waals surface area contributed by atoms with Crippen LogP contribution in [0.1, 0.15) is 31.1 Å². The smallest absolute Gasteiger partial charge is 0.228 e. The molecule has 4 heteroatoms. The maximum Gasteiger partial charge on any atom is 0.228 e. The molecule has 86 valence electrons. The minimum Gasteiger partial charge on any atom is -0.388 e. The SMILES string of the molecule is CC(C)C(O)c1cc(Br)cc2c1NC(=O)C2. The Hall–Kier alpha value is -0.870. The van der Waals surface area contributed by atoms with Crippen LogP contribution in [0.5, 0.6) is 0 Å². The van der Waals surface area contributed by atoms with Crippen LogP contribution >= 0.6 is 15.9 Å². The van der Waals surface area contributed by atoms with Gasteiger partial charge in [-0.1, -0.05) is 29.8 Å². The molecule has 1 amide bonds. The summed E-state index contributed by atoms with van der Waals surface area (Å²) < 4.78 is 0.900. The van der Waals surface area contributed by atoms with Crippen molar-refractivity contribution in [1.82, 2.24) is 0 Å². The average Bonchev–Trinajstić information content (AvgIpc) is 2.55. The summed E-state index contributed by atoms with van der Waals surface area (Å²) in [7, 11) is 0. The molecule has 0 saturated carbocycles. The summed E-state index contributed by atoms with van der Waals surface area (Å²) in [6.45, 7) is 3.91. The lowest BCUT2D eigenvalue weighted by Crippen LogP contribution is -2.10. The summed E-state index contributed by atoms with van der Waals surface area (Å²) >= 11 is 3.40. The maximum absolute atomic E-state index is 11.3. The normalized spacial score (nSPS) is 16.2. The van der Waals surface area contributed by atoms with Crippen molar-refractivity contribution in [2.45, 2.75) is 26.4 Å². The van der Waals surface area contributed by atoms with Gasteiger partial charge in [0.2, 0.25) is 5.91 Å². The molecule has 1 aromatic carbocycles. The molecule has 1 aromatic rings. The van der Waals surface area contributed by atoms with E-state index in [4.69, 9.17) is 0 Å². The van der Waals surface area contributed by atoms with Gasteiger partial charge in [0.15, 0.2) is 0 Å². The standard InChI is InChI=1S/C12H14BrNO2/c1-6(2)12(16)9-5-8(13)3-7-4-10(15)14-11(7)9/h3,5-6,12,16H,4H2,1-2H3,(H,14,15). The van der Waals surface area contributed by atoms with E-state index >= 15 is 0 Å². The number of amides is 1. The Balaban J connectivity index is 2.50. The molecule has 1 heterocycles. The number of hydrogen-bond acceptors (Lipinski definition) is 2. The van der Waals surface area contributed by atoms with Crippen LogP contribution in [0.4, 0.5) is 5.69 Å². The van der Waals surface area contributed by atoms with Crippen LogP contribution in [0.25, 0.3) is 0 Å². The molecule has 0 radical (unpaired) electrons. The van der Waals surface area contributed by atoms with E-state index in [2.05, 4.69) is 21.2 Å². The molecule has 0 fully saturated rings. The first kappa shape index (κ1) is 11.6. The molecule has 16 heavy (non-hydrogen) atoms. The number of benzene rings is 1. The Labute approximate surface area is 103 Å². The van der Waals surface area contributed by atoms with Gasteiger partial charge < -0.3 is 10.4 Å². The minimum atomic E-state index is -0.551. The molecule has 3 nitrogen and oxygen atoms in total. The van der Waals surface area contributed by atoms with Crippen molar-refractivity contribution in [1.29, 1.82) is 0 Å². The lowest BCUT2D eigenvalue weighted by molar-refractivity contribution is -0.115. The van der Waals surface area contributed by atoms with Crippen molar-refractivity contribution in [3.8, 4) is 0 Å². The number of rotatable bonds is 2. The summed E-state index contributed by atoms with van der Waals surface area (Å²) in [5.41, 5.74) is 2.54. The lowest BCUT2D eigenvalue weighted by atomic mass is 9.96. The molecule has 0 bridgehead atoms. The molecule has 1 unspecified atom stereocenters. The first-order valence-corrected chi connectivity index (χ1v) is 6.08. The number of aliphatic hydroxyl groups is 1. The Morgan fingerprint density at radius 3 is 2.75 bits per heavy atom. The number of nitrogens with one attached hydrogen (secondary N) is 1. The Morgan fingerprint density at radius 1 is 1.44 bits per heavy atom. The van der Waals surface area contributed by atoms with Crippen molar-refractivity contribution in [3.05, 3.63) is 27.7 Å². The molecular weight excluding hydrogens is 270 g/mol. The third-order valence-corrected chi connectivity index (χ3v) is 3.24. The van der Waals surface area contributed by atoms with Gasteiger partial charge in [0.05, 0.1) is 18.2 Å². The molecule has 1 aliphatic heterocycles. The van der Waals surface area contributed by atoms with E-state index in [1.807, 2.05) is 26.0 Å². The Bertz CT molecular complexity index is 443. The molecule has 1 atom stereocenters. The number of carbonyl (C=O) groups excluding carboxylic acids is 1. The van der Waals surface area contributed by atoms with Gasteiger partial charge in [-0.25, -0.2) is 0 Å². The van der Waals surface area contributed by atoms with Crippen molar-refractivity contribution < 1.29 is 9.90 Å². The molecule has 0 spiro atoms. The fourth-order valence-electron chi connectivity index (χ4n) is 1.93. The molecular formula is C12H14BrNO2. The van der Waals surface area contributed by atoms with Gasteiger partial charge in [0.1, 0.15) is 0 Å². The Morgan fingerprint density at radius 2 is 2.12 bits per heavy atom. The number of anilines is 1. The summed E-state index contributed by atoms with van der Waals surface area (Å²) in [6, 6.07) is 3.79. The van der Waals surface area contributed by atoms with Gasteiger partial charge in [0, 0.05) is 10.0 Å². The van der Waals surface area contributed by atoms with Crippen LogP contribution in [0.2, 0.25) is 0 Å². The zero-order chi connectivity index (χ0) is 11.9. The van der Waals surface area contributed by atoms with Crippen molar-refractivity contribution in [2.24, 2.45) is 5.92 Å². The number of hydrogen-bond donors (Lipinski definition) is 2. The summed E-state index contributed by atoms with van der Waals surface area (Å²) in [4.78, 5) is 11.3. The van der Waals surface area contributed by atoms with Gasteiger partial charge in [-0.05, 0) is 23.6 Å². The van der Waals surface area contributed by atoms with Gasteiger partial charge in [-0.15, -0.1) is 0 Å². The van der Waals surface area contributed by atoms with Gasteiger partial charge in [0.25, 0.3) is 0 Å². The van der Waals surface area contributed by atoms with Crippen molar-refractivity contribution in [2.75, 3.05) is 5.32 Å². The highest BCUT2D eigenvalue weighted by atomic mass is 79.9. The van der Waals surface area contributed by atoms with Crippen molar-refractivity contribution in [3.63, 3.8) is 0 Å². The highest BCUT2D eigenvalue weighted by molar-refractivity contribution is 9.10. The molecule has 2 N–H and O–H groups in total. The van der Waals surface area contributed by atoms with Crippen LogP contribution in [0.15, 0.2) is 16.6 Å². The van der Waals surface area contributed by atoms with E-state index < -0.39 is 6.10 Å². The third-order valence-electron chi connectivity index (χ3n) is 2.78. The predicted octanol–water partition coefficient (Wildman–Crippen LogP) is 2.63.